The smallest absolute Gasteiger partial charge is 0.196 e. The molecule has 0 atom stereocenters. The van der Waals surface area contributed by atoms with Crippen LogP contribution in [0.1, 0.15) is 10.4 Å². The number of rotatable bonds is 2. The first-order valence-corrected chi connectivity index (χ1v) is 2.77. The molecular weight excluding hydrogens is 128 g/mol. The third kappa shape index (κ3) is 1.24. The molecule has 2 heteroatoms. The lowest BCUT2D eigenvalue weighted by molar-refractivity contribution is 0.104. The van der Waals surface area contributed by atoms with Gasteiger partial charge in [-0.2, -0.15) is 0 Å². The van der Waals surface area contributed by atoms with Crippen molar-refractivity contribution in [2.24, 2.45) is 0 Å². The van der Waals surface area contributed by atoms with Gasteiger partial charge in [-0.25, -0.2) is 0 Å². The van der Waals surface area contributed by atoms with Crippen LogP contribution in [0.2, 0.25) is 0 Å². The van der Waals surface area contributed by atoms with E-state index in [0.29, 0.717) is 5.56 Å². The topological polar surface area (TPSA) is 30.2 Å². The van der Waals surface area contributed by atoms with E-state index in [-0.39, 0.29) is 5.78 Å². The van der Waals surface area contributed by atoms with Crippen LogP contribution in [0.5, 0.6) is 0 Å². The molecule has 0 saturated carbocycles. The molecule has 0 aliphatic carbocycles. The minimum atomic E-state index is -0.135. The van der Waals surface area contributed by atoms with E-state index in [1.54, 1.807) is 6.07 Å². The fraction of sp³-hybridized carbons (Fsp3) is 0. The van der Waals surface area contributed by atoms with E-state index >= 15 is 0 Å². The van der Waals surface area contributed by atoms with Gasteiger partial charge in [0.15, 0.2) is 5.78 Å². The molecule has 0 unspecified atom stereocenters. The molecule has 0 radical (unpaired) electrons. The summed E-state index contributed by atoms with van der Waals surface area (Å²) in [5, 5.41) is 0. The van der Waals surface area contributed by atoms with E-state index < -0.39 is 0 Å². The molecule has 2 nitrogen and oxygen atoms in total. The SMILES string of the molecule is C=C=CC(=O)c1ccoc1. The van der Waals surface area contributed by atoms with Crippen LogP contribution in [0.15, 0.2) is 41.4 Å². The van der Waals surface area contributed by atoms with Gasteiger partial charge in [0.1, 0.15) is 6.26 Å². The standard InChI is InChI=1S/C8H6O2/c1-2-3-8(9)7-4-5-10-6-7/h3-6H,1H2. The molecule has 10 heavy (non-hydrogen) atoms. The second kappa shape index (κ2) is 2.85. The first-order valence-electron chi connectivity index (χ1n) is 2.77. The van der Waals surface area contributed by atoms with E-state index in [9.17, 15) is 4.79 Å². The van der Waals surface area contributed by atoms with Crippen molar-refractivity contribution in [3.8, 4) is 0 Å². The van der Waals surface area contributed by atoms with Crippen molar-refractivity contribution < 1.29 is 9.21 Å². The van der Waals surface area contributed by atoms with E-state index in [0.717, 1.165) is 0 Å². The highest BCUT2D eigenvalue weighted by atomic mass is 16.3. The molecule has 0 N–H and O–H groups in total. The molecular formula is C8H6O2. The average Bonchev–Trinajstić information content (AvgIpc) is 2.38. The maximum absolute atomic E-state index is 10.9. The Bertz CT molecular complexity index is 263. The lowest BCUT2D eigenvalue weighted by Gasteiger charge is -1.80. The summed E-state index contributed by atoms with van der Waals surface area (Å²) in [5.41, 5.74) is 2.91. The number of furan rings is 1. The Morgan fingerprint density at radius 3 is 3.10 bits per heavy atom. The molecule has 0 spiro atoms. The zero-order valence-corrected chi connectivity index (χ0v) is 5.33. The summed E-state index contributed by atoms with van der Waals surface area (Å²) in [4.78, 5) is 10.9. The van der Waals surface area contributed by atoms with Gasteiger partial charge in [0.2, 0.25) is 0 Å². The third-order valence-electron chi connectivity index (χ3n) is 1.04. The first kappa shape index (κ1) is 6.59. The molecule has 1 aromatic heterocycles. The van der Waals surface area contributed by atoms with Gasteiger partial charge in [0, 0.05) is 6.08 Å². The lowest BCUT2D eigenvalue weighted by Crippen LogP contribution is -1.88. The number of ketones is 1. The molecule has 50 valence electrons. The largest absolute Gasteiger partial charge is 0.472 e. The van der Waals surface area contributed by atoms with Crippen molar-refractivity contribution in [2.75, 3.05) is 0 Å². The Kier molecular flexibility index (Phi) is 1.88. The highest BCUT2D eigenvalue weighted by Gasteiger charge is 2.00. The maximum atomic E-state index is 10.9. The second-order valence-corrected chi connectivity index (χ2v) is 1.72. The normalized spacial score (nSPS) is 8.40. The number of hydrogen-bond acceptors (Lipinski definition) is 2. The number of carbonyl (C=O) groups is 1. The summed E-state index contributed by atoms with van der Waals surface area (Å²) in [5.74, 6) is -0.135. The minimum Gasteiger partial charge on any atom is -0.472 e. The number of carbonyl (C=O) groups excluding carboxylic acids is 1. The average molecular weight is 134 g/mol. The second-order valence-electron chi connectivity index (χ2n) is 1.72. The van der Waals surface area contributed by atoms with Crippen molar-refractivity contribution in [1.82, 2.24) is 0 Å². The quantitative estimate of drug-likeness (QED) is 0.350. The molecule has 0 aliphatic heterocycles. The predicted octanol–water partition coefficient (Wildman–Crippen LogP) is 1.80. The third-order valence-corrected chi connectivity index (χ3v) is 1.04. The van der Waals surface area contributed by atoms with Gasteiger partial charge in [-0.05, 0) is 6.07 Å². The Morgan fingerprint density at radius 2 is 2.60 bits per heavy atom. The molecule has 1 rings (SSSR count). The zero-order valence-electron chi connectivity index (χ0n) is 5.33. The van der Waals surface area contributed by atoms with E-state index in [4.69, 9.17) is 4.42 Å². The molecule has 0 aliphatic rings. The van der Waals surface area contributed by atoms with Gasteiger partial charge in [0.25, 0.3) is 0 Å². The van der Waals surface area contributed by atoms with Crippen LogP contribution in [0.25, 0.3) is 0 Å². The van der Waals surface area contributed by atoms with Gasteiger partial charge < -0.3 is 4.42 Å². The van der Waals surface area contributed by atoms with E-state index in [2.05, 4.69) is 12.3 Å². The highest BCUT2D eigenvalue weighted by Crippen LogP contribution is 2.00. The van der Waals surface area contributed by atoms with Gasteiger partial charge >= 0.3 is 0 Å². The molecule has 0 amide bonds. The molecule has 0 saturated heterocycles. The van der Waals surface area contributed by atoms with E-state index in [1.807, 2.05) is 0 Å². The summed E-state index contributed by atoms with van der Waals surface area (Å²) in [7, 11) is 0. The van der Waals surface area contributed by atoms with Crippen LogP contribution >= 0.6 is 0 Å². The first-order chi connectivity index (χ1) is 4.84. The number of hydrogen-bond donors (Lipinski definition) is 0. The Balaban J connectivity index is 2.87. The molecule has 1 heterocycles. The molecule has 0 aromatic carbocycles. The monoisotopic (exact) mass is 134 g/mol. The van der Waals surface area contributed by atoms with Crippen molar-refractivity contribution >= 4 is 5.78 Å². The maximum Gasteiger partial charge on any atom is 0.196 e. The fourth-order valence-corrected chi connectivity index (χ4v) is 0.581. The summed E-state index contributed by atoms with van der Waals surface area (Å²) in [6.45, 7) is 3.28. The summed E-state index contributed by atoms with van der Waals surface area (Å²) in [6, 6.07) is 1.59. The van der Waals surface area contributed by atoms with Crippen LogP contribution < -0.4 is 0 Å². The van der Waals surface area contributed by atoms with Gasteiger partial charge in [-0.3, -0.25) is 4.79 Å². The number of allylic oxidation sites excluding steroid dienone is 1. The minimum absolute atomic E-state index is 0.135. The molecule has 0 bridgehead atoms. The lowest BCUT2D eigenvalue weighted by atomic mass is 10.2. The van der Waals surface area contributed by atoms with Crippen LogP contribution in [-0.2, 0) is 0 Å². The Labute approximate surface area is 58.5 Å². The zero-order chi connectivity index (χ0) is 7.40. The highest BCUT2D eigenvalue weighted by molar-refractivity contribution is 6.03. The summed E-state index contributed by atoms with van der Waals surface area (Å²) < 4.78 is 4.69. The van der Waals surface area contributed by atoms with Gasteiger partial charge in [0.05, 0.1) is 11.8 Å². The van der Waals surface area contributed by atoms with Gasteiger partial charge in [-0.15, -0.1) is 5.73 Å². The van der Waals surface area contributed by atoms with Crippen molar-refractivity contribution in [3.05, 3.63) is 42.5 Å². The van der Waals surface area contributed by atoms with Crippen LogP contribution in [0.3, 0.4) is 0 Å². The predicted molar refractivity (Wildman–Crippen MR) is 36.7 cm³/mol. The Morgan fingerprint density at radius 1 is 1.80 bits per heavy atom. The van der Waals surface area contributed by atoms with Crippen LogP contribution in [0, 0.1) is 0 Å². The summed E-state index contributed by atoms with van der Waals surface area (Å²) >= 11 is 0. The van der Waals surface area contributed by atoms with Crippen molar-refractivity contribution in [2.45, 2.75) is 0 Å². The van der Waals surface area contributed by atoms with Crippen LogP contribution in [-0.4, -0.2) is 5.78 Å². The van der Waals surface area contributed by atoms with Crippen molar-refractivity contribution in [1.29, 1.82) is 0 Å². The van der Waals surface area contributed by atoms with Gasteiger partial charge in [-0.1, -0.05) is 6.58 Å². The summed E-state index contributed by atoms with van der Waals surface area (Å²) in [6.07, 6.45) is 4.10. The fourth-order valence-electron chi connectivity index (χ4n) is 0.581. The van der Waals surface area contributed by atoms with Crippen molar-refractivity contribution in [3.63, 3.8) is 0 Å². The van der Waals surface area contributed by atoms with Crippen LogP contribution in [0.4, 0.5) is 0 Å². The molecule has 1 aromatic rings. The molecule has 0 fully saturated rings. The van der Waals surface area contributed by atoms with E-state index in [1.165, 1.54) is 18.6 Å². The Hall–Kier alpha value is -1.53.